The zero-order valence-electron chi connectivity index (χ0n) is 14.2. The molecule has 0 aliphatic carbocycles. The maximum absolute atomic E-state index is 12.4. The van der Waals surface area contributed by atoms with Crippen LogP contribution in [0.15, 0.2) is 30.3 Å². The molecule has 0 amide bonds. The summed E-state index contributed by atoms with van der Waals surface area (Å²) in [6.07, 6.45) is 4.17. The Morgan fingerprint density at radius 2 is 1.77 bits per heavy atom. The van der Waals surface area contributed by atoms with Crippen LogP contribution in [0.5, 0.6) is 0 Å². The second-order valence-electron chi connectivity index (χ2n) is 6.47. The van der Waals surface area contributed by atoms with E-state index in [-0.39, 0.29) is 12.4 Å². The van der Waals surface area contributed by atoms with Crippen LogP contribution in [0, 0.1) is 18.3 Å². The summed E-state index contributed by atoms with van der Waals surface area (Å²) in [5.41, 5.74) is 1.69. The number of hydrogen-bond donors (Lipinski definition) is 0. The van der Waals surface area contributed by atoms with Gasteiger partial charge in [-0.15, -0.1) is 0 Å². The lowest BCUT2D eigenvalue weighted by molar-refractivity contribution is -0.153. The van der Waals surface area contributed by atoms with E-state index in [4.69, 9.17) is 4.74 Å². The highest BCUT2D eigenvalue weighted by atomic mass is 16.5. The Morgan fingerprint density at radius 1 is 1.18 bits per heavy atom. The fourth-order valence-corrected chi connectivity index (χ4v) is 2.09. The summed E-state index contributed by atoms with van der Waals surface area (Å²) in [5.74, 6) is -1.25. The number of ketones is 1. The van der Waals surface area contributed by atoms with E-state index in [0.29, 0.717) is 6.42 Å². The summed E-state index contributed by atoms with van der Waals surface area (Å²) in [7, 11) is 0. The molecule has 120 valence electrons. The van der Waals surface area contributed by atoms with Crippen LogP contribution < -0.4 is 0 Å². The van der Waals surface area contributed by atoms with Crippen molar-refractivity contribution in [2.24, 2.45) is 11.3 Å². The number of carbonyl (C=O) groups excluding carboxylic acids is 2. The predicted molar refractivity (Wildman–Crippen MR) is 89.4 cm³/mol. The average molecular weight is 302 g/mol. The number of hydrogen-bond acceptors (Lipinski definition) is 3. The third kappa shape index (κ3) is 5.47. The topological polar surface area (TPSA) is 43.4 Å². The Labute approximate surface area is 133 Å². The largest absolute Gasteiger partial charge is 0.465 e. The first-order chi connectivity index (χ1) is 10.3. The van der Waals surface area contributed by atoms with Crippen molar-refractivity contribution in [1.82, 2.24) is 0 Å². The second kappa shape index (κ2) is 7.92. The Kier molecular flexibility index (Phi) is 6.54. The minimum Gasteiger partial charge on any atom is -0.465 e. The number of Topliss-reactive ketones (excluding diaryl/α,β-unsaturated/α-hetero) is 1. The zero-order valence-corrected chi connectivity index (χ0v) is 14.2. The standard InChI is InChI=1S/C19H26O3/c1-6-22-18(21)16(17(20)19(3,4)5)9-7-8-15-12-10-14(2)11-13-15/h7-8,10-13,16H,6,9H2,1-5H3/b8-7+. The number of aryl methyl sites for hydroxylation is 1. The summed E-state index contributed by atoms with van der Waals surface area (Å²) >= 11 is 0. The van der Waals surface area contributed by atoms with Crippen LogP contribution in [-0.2, 0) is 14.3 Å². The molecule has 0 spiro atoms. The zero-order chi connectivity index (χ0) is 16.8. The number of rotatable bonds is 6. The molecule has 0 aliphatic rings. The van der Waals surface area contributed by atoms with E-state index in [1.165, 1.54) is 5.56 Å². The molecule has 1 aromatic carbocycles. The van der Waals surface area contributed by atoms with E-state index >= 15 is 0 Å². The van der Waals surface area contributed by atoms with Crippen molar-refractivity contribution in [2.75, 3.05) is 6.61 Å². The lowest BCUT2D eigenvalue weighted by Crippen LogP contribution is -2.34. The minimum absolute atomic E-state index is 0.0838. The van der Waals surface area contributed by atoms with Crippen molar-refractivity contribution >= 4 is 17.8 Å². The fraction of sp³-hybridized carbons (Fsp3) is 0.474. The fourth-order valence-electron chi connectivity index (χ4n) is 2.09. The monoisotopic (exact) mass is 302 g/mol. The van der Waals surface area contributed by atoms with Crippen LogP contribution in [0.25, 0.3) is 6.08 Å². The van der Waals surface area contributed by atoms with Gasteiger partial charge in [-0.3, -0.25) is 9.59 Å². The molecule has 0 aliphatic heterocycles. The molecule has 0 heterocycles. The first-order valence-corrected chi connectivity index (χ1v) is 7.70. The highest BCUT2D eigenvalue weighted by molar-refractivity contribution is 6.01. The number of ether oxygens (including phenoxy) is 1. The molecule has 0 bridgehead atoms. The molecule has 1 rings (SSSR count). The quantitative estimate of drug-likeness (QED) is 0.584. The third-order valence-corrected chi connectivity index (χ3v) is 3.39. The molecule has 0 fully saturated rings. The third-order valence-electron chi connectivity index (χ3n) is 3.39. The highest BCUT2D eigenvalue weighted by Gasteiger charge is 2.34. The van der Waals surface area contributed by atoms with Crippen molar-refractivity contribution in [1.29, 1.82) is 0 Å². The molecule has 1 unspecified atom stereocenters. The van der Waals surface area contributed by atoms with Crippen molar-refractivity contribution in [3.05, 3.63) is 41.5 Å². The summed E-state index contributed by atoms with van der Waals surface area (Å²) in [4.78, 5) is 24.5. The molecule has 22 heavy (non-hydrogen) atoms. The lowest BCUT2D eigenvalue weighted by atomic mass is 9.81. The van der Waals surface area contributed by atoms with Gasteiger partial charge in [0.2, 0.25) is 0 Å². The molecule has 3 heteroatoms. The normalized spacial score (nSPS) is 13.1. The van der Waals surface area contributed by atoms with Crippen LogP contribution in [0.1, 0.15) is 45.2 Å². The summed E-state index contributed by atoms with van der Waals surface area (Å²) in [6.45, 7) is 9.54. The van der Waals surface area contributed by atoms with Crippen molar-refractivity contribution in [3.63, 3.8) is 0 Å². The van der Waals surface area contributed by atoms with Crippen molar-refractivity contribution < 1.29 is 14.3 Å². The van der Waals surface area contributed by atoms with Gasteiger partial charge >= 0.3 is 5.97 Å². The van der Waals surface area contributed by atoms with E-state index in [9.17, 15) is 9.59 Å². The highest BCUT2D eigenvalue weighted by Crippen LogP contribution is 2.24. The Balaban J connectivity index is 2.82. The Morgan fingerprint density at radius 3 is 2.27 bits per heavy atom. The molecular formula is C19H26O3. The van der Waals surface area contributed by atoms with Crippen molar-refractivity contribution in [3.8, 4) is 0 Å². The van der Waals surface area contributed by atoms with Crippen LogP contribution in [-0.4, -0.2) is 18.4 Å². The summed E-state index contributed by atoms with van der Waals surface area (Å²) in [6, 6.07) is 8.08. The smallest absolute Gasteiger partial charge is 0.316 e. The minimum atomic E-state index is -0.735. The first-order valence-electron chi connectivity index (χ1n) is 7.70. The summed E-state index contributed by atoms with van der Waals surface area (Å²) in [5, 5.41) is 0. The number of esters is 1. The van der Waals surface area contributed by atoms with Gasteiger partial charge < -0.3 is 4.74 Å². The van der Waals surface area contributed by atoms with Gasteiger partial charge in [-0.25, -0.2) is 0 Å². The van der Waals surface area contributed by atoms with Gasteiger partial charge in [0, 0.05) is 5.41 Å². The lowest BCUT2D eigenvalue weighted by Gasteiger charge is -2.22. The molecule has 3 nitrogen and oxygen atoms in total. The second-order valence-corrected chi connectivity index (χ2v) is 6.47. The SMILES string of the molecule is CCOC(=O)C(C/C=C/c1ccc(C)cc1)C(=O)C(C)(C)C. The van der Waals surface area contributed by atoms with E-state index < -0.39 is 17.3 Å². The van der Waals surface area contributed by atoms with E-state index in [0.717, 1.165) is 5.56 Å². The van der Waals surface area contributed by atoms with Gasteiger partial charge in [-0.05, 0) is 25.8 Å². The van der Waals surface area contributed by atoms with Gasteiger partial charge in [0.25, 0.3) is 0 Å². The van der Waals surface area contributed by atoms with Gasteiger partial charge in [0.15, 0.2) is 5.78 Å². The maximum Gasteiger partial charge on any atom is 0.316 e. The predicted octanol–water partition coefficient (Wildman–Crippen LogP) is 4.19. The van der Waals surface area contributed by atoms with E-state index in [1.54, 1.807) is 6.92 Å². The van der Waals surface area contributed by atoms with Crippen LogP contribution in [0.4, 0.5) is 0 Å². The Bertz CT molecular complexity index is 533. The van der Waals surface area contributed by atoms with Gasteiger partial charge in [-0.2, -0.15) is 0 Å². The Hall–Kier alpha value is -1.90. The number of carbonyl (C=O) groups is 2. The van der Waals surface area contributed by atoms with Crippen molar-refractivity contribution in [2.45, 2.75) is 41.0 Å². The molecule has 1 atom stereocenters. The molecule has 1 aromatic rings. The number of benzene rings is 1. The van der Waals surface area contributed by atoms with Gasteiger partial charge in [-0.1, -0.05) is 62.8 Å². The molecule has 0 radical (unpaired) electrons. The van der Waals surface area contributed by atoms with Crippen LogP contribution in [0.3, 0.4) is 0 Å². The van der Waals surface area contributed by atoms with Crippen LogP contribution in [0.2, 0.25) is 0 Å². The molecule has 0 saturated carbocycles. The van der Waals surface area contributed by atoms with Gasteiger partial charge in [0.05, 0.1) is 6.61 Å². The maximum atomic E-state index is 12.4. The molecule has 0 saturated heterocycles. The molecule has 0 aromatic heterocycles. The number of allylic oxidation sites excluding steroid dienone is 1. The van der Waals surface area contributed by atoms with E-state index in [1.807, 2.05) is 64.1 Å². The first kappa shape index (κ1) is 18.1. The van der Waals surface area contributed by atoms with Gasteiger partial charge in [0.1, 0.15) is 5.92 Å². The summed E-state index contributed by atoms with van der Waals surface area (Å²) < 4.78 is 5.05. The van der Waals surface area contributed by atoms with Crippen LogP contribution >= 0.6 is 0 Å². The molecular weight excluding hydrogens is 276 g/mol. The van der Waals surface area contributed by atoms with E-state index in [2.05, 4.69) is 0 Å². The average Bonchev–Trinajstić information content (AvgIpc) is 2.44. The molecule has 0 N–H and O–H groups in total.